The van der Waals surface area contributed by atoms with Crippen molar-refractivity contribution in [3.05, 3.63) is 35.9 Å². The molecule has 0 saturated carbocycles. The smallest absolute Gasteiger partial charge is 0.191 e. The average Bonchev–Trinajstić information content (AvgIpc) is 3.28. The van der Waals surface area contributed by atoms with Gasteiger partial charge in [0, 0.05) is 51.9 Å². The van der Waals surface area contributed by atoms with Crippen LogP contribution in [0.25, 0.3) is 0 Å². The number of nitrogens with zero attached hydrogens (tertiary/aromatic N) is 4. The Labute approximate surface area is 170 Å². The SMILES string of the molecule is CCNC(=NCC(c1ccccc1)N1CCCC1)NCC1CN2CCN1CC2. The molecule has 4 fully saturated rings. The molecule has 0 radical (unpaired) electrons. The van der Waals surface area contributed by atoms with Crippen molar-refractivity contribution in [1.29, 1.82) is 0 Å². The van der Waals surface area contributed by atoms with Crippen molar-refractivity contribution in [2.24, 2.45) is 4.99 Å². The summed E-state index contributed by atoms with van der Waals surface area (Å²) in [6.07, 6.45) is 2.61. The lowest BCUT2D eigenvalue weighted by molar-refractivity contribution is 0.0154. The second-order valence-corrected chi connectivity index (χ2v) is 8.26. The van der Waals surface area contributed by atoms with Crippen LogP contribution in [0.3, 0.4) is 0 Å². The highest BCUT2D eigenvalue weighted by Gasteiger charge is 2.31. The molecule has 2 unspecified atom stereocenters. The van der Waals surface area contributed by atoms with E-state index in [4.69, 9.17) is 4.99 Å². The summed E-state index contributed by atoms with van der Waals surface area (Å²) in [7, 11) is 0. The van der Waals surface area contributed by atoms with Crippen LogP contribution in [0.15, 0.2) is 35.3 Å². The zero-order chi connectivity index (χ0) is 19.2. The first-order valence-corrected chi connectivity index (χ1v) is 11.1. The maximum Gasteiger partial charge on any atom is 0.191 e. The van der Waals surface area contributed by atoms with Crippen molar-refractivity contribution >= 4 is 5.96 Å². The molecule has 4 saturated heterocycles. The fourth-order valence-electron chi connectivity index (χ4n) is 4.81. The summed E-state index contributed by atoms with van der Waals surface area (Å²) < 4.78 is 0. The van der Waals surface area contributed by atoms with Crippen molar-refractivity contribution in [3.8, 4) is 0 Å². The molecule has 2 bridgehead atoms. The number of piperazine rings is 3. The highest BCUT2D eigenvalue weighted by Crippen LogP contribution is 2.25. The molecule has 6 nitrogen and oxygen atoms in total. The van der Waals surface area contributed by atoms with Crippen LogP contribution in [0.5, 0.6) is 0 Å². The Balaban J connectivity index is 1.39. The zero-order valence-corrected chi connectivity index (χ0v) is 17.3. The second kappa shape index (κ2) is 9.72. The lowest BCUT2D eigenvalue weighted by Gasteiger charge is -2.47. The summed E-state index contributed by atoms with van der Waals surface area (Å²) in [6, 6.07) is 11.9. The molecule has 4 aliphatic rings. The van der Waals surface area contributed by atoms with Gasteiger partial charge in [0.15, 0.2) is 5.96 Å². The number of aliphatic imine (C=N–C) groups is 1. The molecule has 4 aliphatic heterocycles. The van der Waals surface area contributed by atoms with E-state index in [0.29, 0.717) is 12.1 Å². The molecular weight excluding hydrogens is 348 g/mol. The van der Waals surface area contributed by atoms with Crippen molar-refractivity contribution in [1.82, 2.24) is 25.3 Å². The lowest BCUT2D eigenvalue weighted by Crippen LogP contribution is -2.63. The van der Waals surface area contributed by atoms with E-state index in [-0.39, 0.29) is 0 Å². The van der Waals surface area contributed by atoms with E-state index in [1.54, 1.807) is 0 Å². The van der Waals surface area contributed by atoms with E-state index in [0.717, 1.165) is 25.6 Å². The first kappa shape index (κ1) is 19.7. The first-order chi connectivity index (χ1) is 13.8. The second-order valence-electron chi connectivity index (χ2n) is 8.26. The van der Waals surface area contributed by atoms with Gasteiger partial charge < -0.3 is 10.6 Å². The van der Waals surface area contributed by atoms with Crippen LogP contribution >= 0.6 is 0 Å². The standard InChI is InChI=1S/C22H36N6/c1-2-23-22(24-16-20-18-26-12-14-27(20)15-13-26)25-17-21(28-10-6-7-11-28)19-8-4-3-5-9-19/h3-5,8-9,20-21H,2,6-7,10-18H2,1H3,(H2,23,24,25). The molecule has 6 heteroatoms. The molecule has 2 N–H and O–H groups in total. The monoisotopic (exact) mass is 384 g/mol. The molecule has 1 aromatic rings. The third-order valence-corrected chi connectivity index (χ3v) is 6.43. The zero-order valence-electron chi connectivity index (χ0n) is 17.3. The van der Waals surface area contributed by atoms with Gasteiger partial charge in [-0.15, -0.1) is 0 Å². The van der Waals surface area contributed by atoms with Crippen LogP contribution in [-0.4, -0.2) is 92.1 Å². The van der Waals surface area contributed by atoms with E-state index < -0.39 is 0 Å². The van der Waals surface area contributed by atoms with Crippen molar-refractivity contribution < 1.29 is 0 Å². The summed E-state index contributed by atoms with van der Waals surface area (Å²) >= 11 is 0. The Bertz CT molecular complexity index is 619. The Morgan fingerprint density at radius 3 is 2.43 bits per heavy atom. The Morgan fingerprint density at radius 1 is 1.04 bits per heavy atom. The minimum Gasteiger partial charge on any atom is -0.357 e. The summed E-state index contributed by atoms with van der Waals surface area (Å²) in [5.41, 5.74) is 1.38. The molecule has 2 atom stereocenters. The number of benzene rings is 1. The minimum atomic E-state index is 0.375. The largest absolute Gasteiger partial charge is 0.357 e. The molecule has 0 amide bonds. The van der Waals surface area contributed by atoms with Gasteiger partial charge in [-0.3, -0.25) is 19.7 Å². The van der Waals surface area contributed by atoms with Crippen molar-refractivity contribution in [3.63, 3.8) is 0 Å². The molecule has 0 aliphatic carbocycles. The maximum absolute atomic E-state index is 5.00. The van der Waals surface area contributed by atoms with Crippen LogP contribution in [-0.2, 0) is 0 Å². The third kappa shape index (κ3) is 4.85. The lowest BCUT2D eigenvalue weighted by atomic mass is 10.1. The molecule has 5 rings (SSSR count). The Morgan fingerprint density at radius 2 is 1.79 bits per heavy atom. The highest BCUT2D eigenvalue weighted by molar-refractivity contribution is 5.79. The van der Waals surface area contributed by atoms with Gasteiger partial charge in [-0.25, -0.2) is 0 Å². The normalized spacial score (nSPS) is 29.0. The van der Waals surface area contributed by atoms with E-state index in [1.165, 1.54) is 64.2 Å². The first-order valence-electron chi connectivity index (χ1n) is 11.1. The summed E-state index contributed by atoms with van der Waals surface area (Å²) in [5, 5.41) is 7.08. The quantitative estimate of drug-likeness (QED) is 0.549. The number of likely N-dealkylation sites (tertiary alicyclic amines) is 1. The van der Waals surface area contributed by atoms with Gasteiger partial charge in [-0.1, -0.05) is 30.3 Å². The molecule has 154 valence electrons. The van der Waals surface area contributed by atoms with Crippen LogP contribution in [0, 0.1) is 0 Å². The maximum atomic E-state index is 5.00. The van der Waals surface area contributed by atoms with E-state index in [2.05, 4.69) is 62.6 Å². The van der Waals surface area contributed by atoms with E-state index >= 15 is 0 Å². The average molecular weight is 385 g/mol. The highest BCUT2D eigenvalue weighted by atomic mass is 15.4. The van der Waals surface area contributed by atoms with Gasteiger partial charge in [0.05, 0.1) is 12.6 Å². The fraction of sp³-hybridized carbons (Fsp3) is 0.682. The predicted molar refractivity (Wildman–Crippen MR) is 116 cm³/mol. The van der Waals surface area contributed by atoms with Crippen LogP contribution in [0.4, 0.5) is 0 Å². The van der Waals surface area contributed by atoms with E-state index in [1.807, 2.05) is 0 Å². The minimum absolute atomic E-state index is 0.375. The Hall–Kier alpha value is -1.63. The topological polar surface area (TPSA) is 46.1 Å². The van der Waals surface area contributed by atoms with Gasteiger partial charge in [0.1, 0.15) is 0 Å². The molecule has 1 aromatic carbocycles. The third-order valence-electron chi connectivity index (χ3n) is 6.43. The van der Waals surface area contributed by atoms with Crippen molar-refractivity contribution in [2.45, 2.75) is 31.8 Å². The summed E-state index contributed by atoms with van der Waals surface area (Å²) in [5.74, 6) is 0.959. The van der Waals surface area contributed by atoms with Gasteiger partial charge >= 0.3 is 0 Å². The number of nitrogens with one attached hydrogen (secondary N) is 2. The molecule has 0 aromatic heterocycles. The molecule has 28 heavy (non-hydrogen) atoms. The summed E-state index contributed by atoms with van der Waals surface area (Å²) in [4.78, 5) is 12.8. The number of hydrogen-bond donors (Lipinski definition) is 2. The molecule has 4 heterocycles. The van der Waals surface area contributed by atoms with Crippen LogP contribution in [0.2, 0.25) is 0 Å². The fourth-order valence-corrected chi connectivity index (χ4v) is 4.81. The van der Waals surface area contributed by atoms with E-state index in [9.17, 15) is 0 Å². The van der Waals surface area contributed by atoms with Gasteiger partial charge in [-0.05, 0) is 38.4 Å². The van der Waals surface area contributed by atoms with Gasteiger partial charge in [0.2, 0.25) is 0 Å². The van der Waals surface area contributed by atoms with Gasteiger partial charge in [-0.2, -0.15) is 0 Å². The Kier molecular flexibility index (Phi) is 6.83. The van der Waals surface area contributed by atoms with Crippen LogP contribution in [0.1, 0.15) is 31.4 Å². The van der Waals surface area contributed by atoms with Gasteiger partial charge in [0.25, 0.3) is 0 Å². The molecule has 0 spiro atoms. The number of guanidine groups is 1. The number of fused-ring (bicyclic) bond motifs is 3. The number of hydrogen-bond acceptors (Lipinski definition) is 4. The van der Waals surface area contributed by atoms with Crippen LogP contribution < -0.4 is 10.6 Å². The van der Waals surface area contributed by atoms with Crippen molar-refractivity contribution in [2.75, 3.05) is 65.4 Å². The number of rotatable bonds is 7. The summed E-state index contributed by atoms with van der Waals surface area (Å²) in [6.45, 7) is 13.3. The predicted octanol–water partition coefficient (Wildman–Crippen LogP) is 1.38. The molecular formula is C22H36N6.